The Morgan fingerprint density at radius 2 is 1.89 bits per heavy atom. The summed E-state index contributed by atoms with van der Waals surface area (Å²) in [6.07, 6.45) is 0. The van der Waals surface area contributed by atoms with E-state index >= 15 is 0 Å². The number of benzene rings is 1. The highest BCUT2D eigenvalue weighted by molar-refractivity contribution is 14.1. The van der Waals surface area contributed by atoms with Crippen molar-refractivity contribution >= 4 is 38.5 Å². The average molecular weight is 421 g/mol. The van der Waals surface area contributed by atoms with Crippen molar-refractivity contribution < 1.29 is 5.11 Å². The second-order valence-corrected chi connectivity index (χ2v) is 5.85. The zero-order chi connectivity index (χ0) is 13.4. The summed E-state index contributed by atoms with van der Waals surface area (Å²) in [5, 5.41) is 9.59. The molecule has 0 amide bonds. The SMILES string of the molecule is Cc1cc(-c2nc(O)c(I)c(=O)[nH]2)cc(C)c1Br. The van der Waals surface area contributed by atoms with Crippen molar-refractivity contribution in [3.05, 3.63) is 41.7 Å². The number of halogens is 2. The van der Waals surface area contributed by atoms with Crippen molar-refractivity contribution in [3.8, 4) is 17.3 Å². The number of aryl methyl sites for hydroxylation is 2. The summed E-state index contributed by atoms with van der Waals surface area (Å²) in [5.74, 6) is 0.129. The Kier molecular flexibility index (Phi) is 3.76. The van der Waals surface area contributed by atoms with E-state index in [2.05, 4.69) is 25.9 Å². The second kappa shape index (κ2) is 5.00. The molecule has 0 spiro atoms. The number of H-pyrrole nitrogens is 1. The van der Waals surface area contributed by atoms with Crippen LogP contribution in [-0.4, -0.2) is 15.1 Å². The fourth-order valence-corrected chi connectivity index (χ4v) is 2.15. The molecule has 2 N–H and O–H groups in total. The summed E-state index contributed by atoms with van der Waals surface area (Å²) in [4.78, 5) is 18.2. The lowest BCUT2D eigenvalue weighted by Gasteiger charge is -2.08. The van der Waals surface area contributed by atoms with Crippen LogP contribution in [0, 0.1) is 17.4 Å². The lowest BCUT2D eigenvalue weighted by Crippen LogP contribution is -2.12. The van der Waals surface area contributed by atoms with E-state index in [1.165, 1.54) is 0 Å². The van der Waals surface area contributed by atoms with Gasteiger partial charge in [0.15, 0.2) is 0 Å². The van der Waals surface area contributed by atoms with Gasteiger partial charge in [-0.05, 0) is 59.7 Å². The lowest BCUT2D eigenvalue weighted by molar-refractivity contribution is 0.447. The molecule has 0 saturated heterocycles. The molecule has 6 heteroatoms. The molecule has 1 aromatic heterocycles. The molecule has 0 atom stereocenters. The third kappa shape index (κ3) is 2.44. The third-order valence-electron chi connectivity index (χ3n) is 2.56. The highest BCUT2D eigenvalue weighted by Gasteiger charge is 2.11. The Labute approximate surface area is 126 Å². The van der Waals surface area contributed by atoms with E-state index in [9.17, 15) is 9.90 Å². The van der Waals surface area contributed by atoms with Gasteiger partial charge in [0, 0.05) is 10.0 Å². The number of aromatic amines is 1. The summed E-state index contributed by atoms with van der Waals surface area (Å²) in [7, 11) is 0. The van der Waals surface area contributed by atoms with E-state index < -0.39 is 0 Å². The fourth-order valence-electron chi connectivity index (χ4n) is 1.67. The van der Waals surface area contributed by atoms with E-state index in [0.717, 1.165) is 21.2 Å². The predicted octanol–water partition coefficient (Wildman–Crippen LogP) is 3.13. The molecule has 0 aliphatic heterocycles. The molecule has 0 aliphatic rings. The van der Waals surface area contributed by atoms with Crippen LogP contribution in [0.5, 0.6) is 5.88 Å². The van der Waals surface area contributed by atoms with Gasteiger partial charge in [-0.25, -0.2) is 0 Å². The van der Waals surface area contributed by atoms with Gasteiger partial charge >= 0.3 is 0 Å². The number of aromatic nitrogens is 2. The summed E-state index contributed by atoms with van der Waals surface area (Å²) >= 11 is 5.24. The molecule has 0 aliphatic carbocycles. The van der Waals surface area contributed by atoms with Crippen LogP contribution in [0.3, 0.4) is 0 Å². The van der Waals surface area contributed by atoms with Gasteiger partial charge in [-0.3, -0.25) is 4.79 Å². The van der Waals surface area contributed by atoms with E-state index in [-0.39, 0.29) is 15.0 Å². The highest BCUT2D eigenvalue weighted by atomic mass is 127. The number of aromatic hydroxyl groups is 1. The average Bonchev–Trinajstić information content (AvgIpc) is 2.31. The van der Waals surface area contributed by atoms with Gasteiger partial charge in [-0.1, -0.05) is 15.9 Å². The van der Waals surface area contributed by atoms with Crippen LogP contribution in [0.2, 0.25) is 0 Å². The van der Waals surface area contributed by atoms with Gasteiger partial charge in [0.05, 0.1) is 0 Å². The van der Waals surface area contributed by atoms with Crippen molar-refractivity contribution in [1.29, 1.82) is 0 Å². The van der Waals surface area contributed by atoms with Gasteiger partial charge in [0.25, 0.3) is 5.56 Å². The normalized spacial score (nSPS) is 10.7. The van der Waals surface area contributed by atoms with Crippen LogP contribution in [0.15, 0.2) is 21.4 Å². The Balaban J connectivity index is 2.66. The first kappa shape index (κ1) is 13.5. The first-order chi connectivity index (χ1) is 8.40. The highest BCUT2D eigenvalue weighted by Crippen LogP contribution is 2.27. The van der Waals surface area contributed by atoms with Crippen molar-refractivity contribution in [1.82, 2.24) is 9.97 Å². The van der Waals surface area contributed by atoms with Crippen LogP contribution in [0.25, 0.3) is 11.4 Å². The van der Waals surface area contributed by atoms with Gasteiger partial charge in [-0.15, -0.1) is 0 Å². The molecule has 18 heavy (non-hydrogen) atoms. The summed E-state index contributed by atoms with van der Waals surface area (Å²) in [6, 6.07) is 3.81. The Bertz CT molecular complexity index is 659. The molecule has 1 heterocycles. The topological polar surface area (TPSA) is 66.0 Å². The second-order valence-electron chi connectivity index (χ2n) is 3.98. The molecule has 2 aromatic rings. The minimum absolute atomic E-state index is 0.196. The lowest BCUT2D eigenvalue weighted by atomic mass is 10.1. The summed E-state index contributed by atoms with van der Waals surface area (Å²) in [5.41, 5.74) is 2.53. The zero-order valence-corrected chi connectivity index (χ0v) is 13.5. The minimum Gasteiger partial charge on any atom is -0.492 e. The largest absolute Gasteiger partial charge is 0.492 e. The van der Waals surface area contributed by atoms with Gasteiger partial charge in [0.1, 0.15) is 9.39 Å². The van der Waals surface area contributed by atoms with Crippen LogP contribution < -0.4 is 5.56 Å². The molecule has 0 saturated carbocycles. The number of hydrogen-bond donors (Lipinski definition) is 2. The molecule has 0 radical (unpaired) electrons. The Hall–Kier alpha value is -0.890. The van der Waals surface area contributed by atoms with Gasteiger partial charge in [0.2, 0.25) is 5.88 Å². The molecule has 4 nitrogen and oxygen atoms in total. The first-order valence-corrected chi connectivity index (χ1v) is 7.03. The quantitative estimate of drug-likeness (QED) is 0.696. The van der Waals surface area contributed by atoms with Crippen LogP contribution in [0.4, 0.5) is 0 Å². The number of nitrogens with zero attached hydrogens (tertiary/aromatic N) is 1. The monoisotopic (exact) mass is 420 g/mol. The first-order valence-electron chi connectivity index (χ1n) is 5.16. The Morgan fingerprint density at radius 3 is 2.39 bits per heavy atom. The maximum atomic E-state index is 11.6. The zero-order valence-electron chi connectivity index (χ0n) is 9.71. The molecule has 0 unspecified atom stereocenters. The van der Waals surface area contributed by atoms with Crippen molar-refractivity contribution in [3.63, 3.8) is 0 Å². The molecule has 2 rings (SSSR count). The van der Waals surface area contributed by atoms with E-state index in [1.54, 1.807) is 22.6 Å². The van der Waals surface area contributed by atoms with E-state index in [0.29, 0.717) is 5.82 Å². The van der Waals surface area contributed by atoms with E-state index in [4.69, 9.17) is 0 Å². The number of nitrogens with one attached hydrogen (secondary N) is 1. The maximum absolute atomic E-state index is 11.6. The van der Waals surface area contributed by atoms with Crippen LogP contribution >= 0.6 is 38.5 Å². The van der Waals surface area contributed by atoms with Crippen LogP contribution in [0.1, 0.15) is 11.1 Å². The summed E-state index contributed by atoms with van der Waals surface area (Å²) < 4.78 is 1.23. The minimum atomic E-state index is -0.337. The molecule has 1 aromatic carbocycles. The smallest absolute Gasteiger partial charge is 0.268 e. The standard InChI is InChI=1S/C12H10BrIN2O2/c1-5-3-7(4-6(2)8(5)13)10-15-11(17)9(14)12(18)16-10/h3-4H,1-2H3,(H2,15,16,17,18). The third-order valence-corrected chi connectivity index (χ3v) is 4.78. The molecular weight excluding hydrogens is 411 g/mol. The number of rotatable bonds is 1. The summed E-state index contributed by atoms with van der Waals surface area (Å²) in [6.45, 7) is 3.93. The molecular formula is C12H10BrIN2O2. The fraction of sp³-hybridized carbons (Fsp3) is 0.167. The molecule has 0 bridgehead atoms. The van der Waals surface area contributed by atoms with E-state index in [1.807, 2.05) is 26.0 Å². The predicted molar refractivity (Wildman–Crippen MR) is 81.8 cm³/mol. The van der Waals surface area contributed by atoms with Crippen LogP contribution in [-0.2, 0) is 0 Å². The van der Waals surface area contributed by atoms with Gasteiger partial charge in [-0.2, -0.15) is 4.98 Å². The Morgan fingerprint density at radius 1 is 1.33 bits per heavy atom. The number of hydrogen-bond acceptors (Lipinski definition) is 3. The van der Waals surface area contributed by atoms with Crippen molar-refractivity contribution in [2.24, 2.45) is 0 Å². The molecule has 0 fully saturated rings. The van der Waals surface area contributed by atoms with Crippen molar-refractivity contribution in [2.75, 3.05) is 0 Å². The van der Waals surface area contributed by atoms with Crippen molar-refractivity contribution in [2.45, 2.75) is 13.8 Å². The molecule has 94 valence electrons. The van der Waals surface area contributed by atoms with Gasteiger partial charge < -0.3 is 10.1 Å². The maximum Gasteiger partial charge on any atom is 0.268 e.